The highest BCUT2D eigenvalue weighted by atomic mass is 16.2. The maximum Gasteiger partial charge on any atom is 0.272 e. The summed E-state index contributed by atoms with van der Waals surface area (Å²) in [4.78, 5) is 14.3. The van der Waals surface area contributed by atoms with Crippen LogP contribution in [-0.4, -0.2) is 33.7 Å². The number of hydrogen-bond acceptors (Lipinski definition) is 3. The number of rotatable bonds is 3. The first kappa shape index (κ1) is 13.6. The molecular formula is C14H20N4O. The second-order valence-corrected chi connectivity index (χ2v) is 4.89. The topological polar surface area (TPSA) is 61.9 Å². The molecule has 5 nitrogen and oxygen atoms in total. The summed E-state index contributed by atoms with van der Waals surface area (Å²) in [6.45, 7) is 6.08. The Labute approximate surface area is 113 Å². The quantitative estimate of drug-likeness (QED) is 0.833. The molecule has 0 aliphatic carbocycles. The standard InChI is InChI=1S/C14H20N4O/c1-3-12-9-13(18(4-2)16-12)14(19)17-7-5-11(10-15)6-8-17/h9,11H,3-8H2,1-2H3. The van der Waals surface area contributed by atoms with Gasteiger partial charge in [-0.25, -0.2) is 0 Å². The molecule has 1 fully saturated rings. The van der Waals surface area contributed by atoms with Crippen molar-refractivity contribution in [3.8, 4) is 6.07 Å². The zero-order valence-electron chi connectivity index (χ0n) is 11.6. The van der Waals surface area contributed by atoms with E-state index in [1.54, 1.807) is 4.68 Å². The largest absolute Gasteiger partial charge is 0.337 e. The third kappa shape index (κ3) is 2.78. The van der Waals surface area contributed by atoms with E-state index in [1.807, 2.05) is 24.8 Å². The molecule has 0 aromatic carbocycles. The van der Waals surface area contributed by atoms with Crippen molar-refractivity contribution >= 4 is 5.91 Å². The van der Waals surface area contributed by atoms with Gasteiger partial charge in [-0.2, -0.15) is 10.4 Å². The molecule has 1 aliphatic rings. The maximum absolute atomic E-state index is 12.5. The van der Waals surface area contributed by atoms with E-state index in [0.717, 1.165) is 25.0 Å². The Hall–Kier alpha value is -1.83. The minimum Gasteiger partial charge on any atom is -0.337 e. The molecule has 0 N–H and O–H groups in total. The van der Waals surface area contributed by atoms with Gasteiger partial charge in [-0.15, -0.1) is 0 Å². The summed E-state index contributed by atoms with van der Waals surface area (Å²) < 4.78 is 1.78. The number of piperidine rings is 1. The van der Waals surface area contributed by atoms with Crippen molar-refractivity contribution < 1.29 is 4.79 Å². The molecule has 0 spiro atoms. The molecule has 19 heavy (non-hydrogen) atoms. The smallest absolute Gasteiger partial charge is 0.272 e. The highest BCUT2D eigenvalue weighted by molar-refractivity contribution is 5.92. The molecule has 0 atom stereocenters. The van der Waals surface area contributed by atoms with Crippen LogP contribution in [0.25, 0.3) is 0 Å². The fraction of sp³-hybridized carbons (Fsp3) is 0.643. The third-order valence-electron chi connectivity index (χ3n) is 3.68. The summed E-state index contributed by atoms with van der Waals surface area (Å²) in [5, 5.41) is 13.3. The molecule has 0 unspecified atom stereocenters. The summed E-state index contributed by atoms with van der Waals surface area (Å²) >= 11 is 0. The van der Waals surface area contributed by atoms with Crippen LogP contribution in [0.4, 0.5) is 0 Å². The van der Waals surface area contributed by atoms with E-state index in [1.165, 1.54) is 0 Å². The summed E-state index contributed by atoms with van der Waals surface area (Å²) in [7, 11) is 0. The van der Waals surface area contributed by atoms with E-state index in [4.69, 9.17) is 5.26 Å². The lowest BCUT2D eigenvalue weighted by molar-refractivity contribution is 0.0694. The summed E-state index contributed by atoms with van der Waals surface area (Å²) in [5.41, 5.74) is 1.63. The van der Waals surface area contributed by atoms with Gasteiger partial charge >= 0.3 is 0 Å². The zero-order chi connectivity index (χ0) is 13.8. The molecule has 1 aromatic heterocycles. The van der Waals surface area contributed by atoms with Crippen LogP contribution in [0.3, 0.4) is 0 Å². The molecule has 102 valence electrons. The minimum atomic E-state index is 0.0467. The lowest BCUT2D eigenvalue weighted by Gasteiger charge is -2.29. The molecule has 1 aliphatic heterocycles. The van der Waals surface area contributed by atoms with E-state index in [0.29, 0.717) is 25.3 Å². The number of likely N-dealkylation sites (tertiary alicyclic amines) is 1. The predicted octanol–water partition coefficient (Wildman–Crippen LogP) is 1.84. The number of amides is 1. The van der Waals surface area contributed by atoms with Crippen LogP contribution in [0.1, 0.15) is 42.9 Å². The number of nitriles is 1. The van der Waals surface area contributed by atoms with Gasteiger partial charge in [0, 0.05) is 25.6 Å². The molecule has 5 heteroatoms. The summed E-state index contributed by atoms with van der Waals surface area (Å²) in [6, 6.07) is 4.17. The van der Waals surface area contributed by atoms with Gasteiger partial charge in [0.2, 0.25) is 0 Å². The van der Waals surface area contributed by atoms with Gasteiger partial charge in [-0.1, -0.05) is 6.92 Å². The summed E-state index contributed by atoms with van der Waals surface area (Å²) in [6.07, 6.45) is 2.40. The maximum atomic E-state index is 12.5. The van der Waals surface area contributed by atoms with E-state index in [-0.39, 0.29) is 11.8 Å². The number of aromatic nitrogens is 2. The van der Waals surface area contributed by atoms with Crippen molar-refractivity contribution in [2.45, 2.75) is 39.7 Å². The average Bonchev–Trinajstić information content (AvgIpc) is 2.90. The first-order chi connectivity index (χ1) is 9.19. The van der Waals surface area contributed by atoms with Crippen LogP contribution >= 0.6 is 0 Å². The number of carbonyl (C=O) groups excluding carboxylic acids is 1. The molecule has 0 saturated carbocycles. The Kier molecular flexibility index (Phi) is 4.20. The van der Waals surface area contributed by atoms with E-state index >= 15 is 0 Å². The number of hydrogen-bond donors (Lipinski definition) is 0. The van der Waals surface area contributed by atoms with Gasteiger partial charge in [0.1, 0.15) is 5.69 Å². The van der Waals surface area contributed by atoms with Crippen molar-refractivity contribution in [3.63, 3.8) is 0 Å². The zero-order valence-corrected chi connectivity index (χ0v) is 11.6. The second-order valence-electron chi connectivity index (χ2n) is 4.89. The van der Waals surface area contributed by atoms with Crippen molar-refractivity contribution in [3.05, 3.63) is 17.5 Å². The number of aryl methyl sites for hydroxylation is 2. The van der Waals surface area contributed by atoms with Crippen LogP contribution in [0.2, 0.25) is 0 Å². The van der Waals surface area contributed by atoms with Gasteiger partial charge in [0.15, 0.2) is 0 Å². The SMILES string of the molecule is CCc1cc(C(=O)N2CCC(C#N)CC2)n(CC)n1. The van der Waals surface area contributed by atoms with Crippen molar-refractivity contribution in [1.29, 1.82) is 5.26 Å². The number of carbonyl (C=O) groups is 1. The first-order valence-electron chi connectivity index (χ1n) is 6.95. The molecule has 2 heterocycles. The van der Waals surface area contributed by atoms with Crippen LogP contribution in [0.5, 0.6) is 0 Å². The molecular weight excluding hydrogens is 240 g/mol. The summed E-state index contributed by atoms with van der Waals surface area (Å²) in [5.74, 6) is 0.150. The lowest BCUT2D eigenvalue weighted by Crippen LogP contribution is -2.39. The Balaban J connectivity index is 2.12. The Morgan fingerprint density at radius 2 is 2.16 bits per heavy atom. The monoisotopic (exact) mass is 260 g/mol. The lowest BCUT2D eigenvalue weighted by atomic mass is 9.98. The minimum absolute atomic E-state index is 0.0467. The molecule has 1 amide bonds. The van der Waals surface area contributed by atoms with Gasteiger partial charge in [0.05, 0.1) is 11.8 Å². The second kappa shape index (κ2) is 5.87. The van der Waals surface area contributed by atoms with E-state index < -0.39 is 0 Å². The molecule has 0 radical (unpaired) electrons. The van der Waals surface area contributed by atoms with Crippen LogP contribution in [-0.2, 0) is 13.0 Å². The van der Waals surface area contributed by atoms with Crippen LogP contribution in [0.15, 0.2) is 6.07 Å². The molecule has 1 aromatic rings. The number of nitrogens with zero attached hydrogens (tertiary/aromatic N) is 4. The van der Waals surface area contributed by atoms with E-state index in [2.05, 4.69) is 11.2 Å². The fourth-order valence-electron chi connectivity index (χ4n) is 2.43. The van der Waals surface area contributed by atoms with Crippen LogP contribution in [0, 0.1) is 17.2 Å². The normalized spacial score (nSPS) is 16.4. The van der Waals surface area contributed by atoms with Gasteiger partial charge in [-0.05, 0) is 32.3 Å². The van der Waals surface area contributed by atoms with Gasteiger partial charge in [0.25, 0.3) is 5.91 Å². The Morgan fingerprint density at radius 3 is 2.68 bits per heavy atom. The van der Waals surface area contributed by atoms with Crippen LogP contribution < -0.4 is 0 Å². The fourth-order valence-corrected chi connectivity index (χ4v) is 2.43. The van der Waals surface area contributed by atoms with Crippen molar-refractivity contribution in [1.82, 2.24) is 14.7 Å². The molecule has 0 bridgehead atoms. The average molecular weight is 260 g/mol. The Bertz CT molecular complexity index is 492. The first-order valence-corrected chi connectivity index (χ1v) is 6.95. The highest BCUT2D eigenvalue weighted by Gasteiger charge is 2.25. The van der Waals surface area contributed by atoms with Gasteiger partial charge in [-0.3, -0.25) is 9.48 Å². The Morgan fingerprint density at radius 1 is 1.47 bits per heavy atom. The highest BCUT2D eigenvalue weighted by Crippen LogP contribution is 2.18. The predicted molar refractivity (Wildman–Crippen MR) is 71.5 cm³/mol. The van der Waals surface area contributed by atoms with Crippen molar-refractivity contribution in [2.75, 3.05) is 13.1 Å². The van der Waals surface area contributed by atoms with Gasteiger partial charge < -0.3 is 4.90 Å². The molecule has 1 saturated heterocycles. The third-order valence-corrected chi connectivity index (χ3v) is 3.68. The van der Waals surface area contributed by atoms with Crippen molar-refractivity contribution in [2.24, 2.45) is 5.92 Å². The molecule has 2 rings (SSSR count). The van der Waals surface area contributed by atoms with E-state index in [9.17, 15) is 4.79 Å².